The number of fused-ring (bicyclic) bond motifs is 3. The Balaban J connectivity index is 2.02. The molecule has 2 aromatic rings. The highest BCUT2D eigenvalue weighted by Crippen LogP contribution is 2.49. The zero-order chi connectivity index (χ0) is 16.4. The van der Waals surface area contributed by atoms with Crippen LogP contribution in [-0.4, -0.2) is 17.8 Å². The van der Waals surface area contributed by atoms with Crippen LogP contribution in [-0.2, 0) is 5.72 Å². The lowest BCUT2D eigenvalue weighted by Crippen LogP contribution is -2.40. The second-order valence-electron chi connectivity index (χ2n) is 5.24. The van der Waals surface area contributed by atoms with Gasteiger partial charge in [-0.3, -0.25) is 4.79 Å². The molecule has 4 N–H and O–H groups in total. The molecule has 0 radical (unpaired) electrons. The van der Waals surface area contributed by atoms with Gasteiger partial charge in [-0.2, -0.15) is 0 Å². The number of rotatable bonds is 1. The molecular formula is C15H10ClFN2O4. The number of nitrogen functional groups attached to an aromatic ring is 1. The van der Waals surface area contributed by atoms with Gasteiger partial charge in [0.05, 0.1) is 5.56 Å². The van der Waals surface area contributed by atoms with E-state index in [1.54, 1.807) is 0 Å². The van der Waals surface area contributed by atoms with Crippen molar-refractivity contribution < 1.29 is 23.8 Å². The number of benzene rings is 2. The fourth-order valence-electron chi connectivity index (χ4n) is 2.93. The van der Waals surface area contributed by atoms with Crippen LogP contribution in [0.2, 0.25) is 5.02 Å². The molecule has 2 aromatic carbocycles. The van der Waals surface area contributed by atoms with Crippen LogP contribution in [0.5, 0.6) is 11.5 Å². The molecule has 8 heteroatoms. The fourth-order valence-corrected chi connectivity index (χ4v) is 3.19. The van der Waals surface area contributed by atoms with Crippen LogP contribution in [0.15, 0.2) is 24.3 Å². The van der Waals surface area contributed by atoms with Crippen molar-refractivity contribution in [1.82, 2.24) is 5.32 Å². The zero-order valence-corrected chi connectivity index (χ0v) is 12.3. The van der Waals surface area contributed by atoms with Gasteiger partial charge in [0.15, 0.2) is 17.2 Å². The van der Waals surface area contributed by atoms with E-state index in [-0.39, 0.29) is 39.9 Å². The Kier molecular flexibility index (Phi) is 2.76. The van der Waals surface area contributed by atoms with Gasteiger partial charge in [-0.05, 0) is 18.2 Å². The van der Waals surface area contributed by atoms with Crippen LogP contribution in [0.25, 0.3) is 0 Å². The minimum Gasteiger partial charge on any atom is -0.453 e. The van der Waals surface area contributed by atoms with E-state index in [4.69, 9.17) is 26.8 Å². The van der Waals surface area contributed by atoms with Crippen molar-refractivity contribution in [2.24, 2.45) is 0 Å². The minimum absolute atomic E-state index is 0.0168. The molecule has 2 aliphatic rings. The van der Waals surface area contributed by atoms with Gasteiger partial charge in [0, 0.05) is 27.9 Å². The molecule has 4 rings (SSSR count). The molecule has 0 spiro atoms. The lowest BCUT2D eigenvalue weighted by atomic mass is 9.92. The first-order valence-electron chi connectivity index (χ1n) is 6.65. The molecule has 118 valence electrons. The SMILES string of the molecule is Nc1cc2c(c3c1C(O)(c1cc(F)ccc1Cl)NC3=O)OCO2. The van der Waals surface area contributed by atoms with E-state index in [1.165, 1.54) is 12.1 Å². The van der Waals surface area contributed by atoms with Gasteiger partial charge in [0.2, 0.25) is 6.79 Å². The molecule has 2 heterocycles. The van der Waals surface area contributed by atoms with E-state index in [2.05, 4.69) is 5.32 Å². The smallest absolute Gasteiger partial charge is 0.258 e. The Morgan fingerprint density at radius 1 is 1.35 bits per heavy atom. The zero-order valence-electron chi connectivity index (χ0n) is 11.5. The summed E-state index contributed by atoms with van der Waals surface area (Å²) in [5, 5.41) is 13.5. The van der Waals surface area contributed by atoms with Crippen molar-refractivity contribution in [2.75, 3.05) is 12.5 Å². The summed E-state index contributed by atoms with van der Waals surface area (Å²) in [4.78, 5) is 12.4. The van der Waals surface area contributed by atoms with Gasteiger partial charge in [0.1, 0.15) is 5.82 Å². The number of hydrogen-bond donors (Lipinski definition) is 3. The summed E-state index contributed by atoms with van der Waals surface area (Å²) in [7, 11) is 0. The molecule has 2 aliphatic heterocycles. The van der Waals surface area contributed by atoms with Gasteiger partial charge in [-0.15, -0.1) is 0 Å². The molecule has 0 saturated carbocycles. The maximum atomic E-state index is 13.6. The number of carbonyl (C=O) groups excluding carboxylic acids is 1. The predicted octanol–water partition coefficient (Wildman–Crippen LogP) is 1.73. The van der Waals surface area contributed by atoms with Crippen LogP contribution >= 0.6 is 11.6 Å². The average Bonchev–Trinajstić information content (AvgIpc) is 3.05. The Morgan fingerprint density at radius 2 is 2.13 bits per heavy atom. The first-order chi connectivity index (χ1) is 10.9. The third-order valence-electron chi connectivity index (χ3n) is 3.90. The summed E-state index contributed by atoms with van der Waals surface area (Å²) in [6.07, 6.45) is 0. The molecule has 1 amide bonds. The predicted molar refractivity (Wildman–Crippen MR) is 78.9 cm³/mol. The van der Waals surface area contributed by atoms with Crippen molar-refractivity contribution in [3.05, 3.63) is 51.8 Å². The van der Waals surface area contributed by atoms with E-state index in [0.29, 0.717) is 5.75 Å². The number of hydrogen-bond acceptors (Lipinski definition) is 5. The first-order valence-corrected chi connectivity index (χ1v) is 7.02. The number of carbonyl (C=O) groups is 1. The molecule has 0 fully saturated rings. The molecule has 0 saturated heterocycles. The maximum absolute atomic E-state index is 13.6. The maximum Gasteiger partial charge on any atom is 0.258 e. The lowest BCUT2D eigenvalue weighted by molar-refractivity contribution is 0.0479. The number of ether oxygens (including phenoxy) is 2. The van der Waals surface area contributed by atoms with Crippen LogP contribution in [0.4, 0.5) is 10.1 Å². The monoisotopic (exact) mass is 336 g/mol. The molecular weight excluding hydrogens is 327 g/mol. The number of amides is 1. The molecule has 0 aliphatic carbocycles. The van der Waals surface area contributed by atoms with Gasteiger partial charge < -0.3 is 25.6 Å². The van der Waals surface area contributed by atoms with Gasteiger partial charge in [-0.1, -0.05) is 11.6 Å². The molecule has 6 nitrogen and oxygen atoms in total. The van der Waals surface area contributed by atoms with E-state index in [1.807, 2.05) is 0 Å². The first kappa shape index (κ1) is 14.1. The topological polar surface area (TPSA) is 93.8 Å². The average molecular weight is 337 g/mol. The van der Waals surface area contributed by atoms with E-state index in [0.717, 1.165) is 12.1 Å². The number of nitrogens with two attached hydrogens (primary N) is 1. The standard InChI is InChI=1S/C15H10ClFN2O4/c16-8-2-1-6(17)3-7(8)15(21)12-9(18)4-10-13(23-5-22-10)11(12)14(20)19-15/h1-4,21H,5,18H2,(H,19,20). The van der Waals surface area contributed by atoms with Crippen molar-refractivity contribution in [3.8, 4) is 11.5 Å². The quantitative estimate of drug-likeness (QED) is 0.689. The Morgan fingerprint density at radius 3 is 2.91 bits per heavy atom. The molecule has 0 aromatic heterocycles. The van der Waals surface area contributed by atoms with Gasteiger partial charge in [-0.25, -0.2) is 4.39 Å². The fraction of sp³-hybridized carbons (Fsp3) is 0.133. The number of nitrogens with one attached hydrogen (secondary N) is 1. The van der Waals surface area contributed by atoms with Gasteiger partial charge in [0.25, 0.3) is 5.91 Å². The highest BCUT2D eigenvalue weighted by Gasteiger charge is 2.49. The van der Waals surface area contributed by atoms with Crippen molar-refractivity contribution in [1.29, 1.82) is 0 Å². The van der Waals surface area contributed by atoms with Crippen molar-refractivity contribution in [3.63, 3.8) is 0 Å². The van der Waals surface area contributed by atoms with E-state index >= 15 is 0 Å². The van der Waals surface area contributed by atoms with E-state index < -0.39 is 17.4 Å². The highest BCUT2D eigenvalue weighted by molar-refractivity contribution is 6.31. The van der Waals surface area contributed by atoms with Crippen LogP contribution in [0.1, 0.15) is 21.5 Å². The summed E-state index contributed by atoms with van der Waals surface area (Å²) in [6, 6.07) is 4.93. The molecule has 0 bridgehead atoms. The van der Waals surface area contributed by atoms with Crippen LogP contribution in [0.3, 0.4) is 0 Å². The molecule has 23 heavy (non-hydrogen) atoms. The Bertz CT molecular complexity index is 873. The number of halogens is 2. The van der Waals surface area contributed by atoms with Crippen LogP contribution in [0, 0.1) is 5.82 Å². The summed E-state index contributed by atoms with van der Waals surface area (Å²) in [5.74, 6) is -0.724. The largest absolute Gasteiger partial charge is 0.453 e. The van der Waals surface area contributed by atoms with E-state index in [9.17, 15) is 14.3 Å². The third kappa shape index (κ3) is 1.80. The van der Waals surface area contributed by atoms with Gasteiger partial charge >= 0.3 is 0 Å². The summed E-state index contributed by atoms with van der Waals surface area (Å²) in [5.41, 5.74) is 4.13. The Hall–Kier alpha value is -2.51. The van der Waals surface area contributed by atoms with Crippen molar-refractivity contribution >= 4 is 23.2 Å². The van der Waals surface area contributed by atoms with Crippen molar-refractivity contribution in [2.45, 2.75) is 5.72 Å². The summed E-state index contributed by atoms with van der Waals surface area (Å²) >= 11 is 6.08. The Labute approximate surface area is 134 Å². The summed E-state index contributed by atoms with van der Waals surface area (Å²) in [6.45, 7) is -0.0579. The normalized spacial score (nSPS) is 21.3. The number of aliphatic hydroxyl groups is 1. The molecule has 1 atom stereocenters. The minimum atomic E-state index is -2.06. The summed E-state index contributed by atoms with van der Waals surface area (Å²) < 4.78 is 24.1. The molecule has 1 unspecified atom stereocenters. The second-order valence-corrected chi connectivity index (χ2v) is 5.65. The lowest BCUT2D eigenvalue weighted by Gasteiger charge is -2.26. The number of anilines is 1. The van der Waals surface area contributed by atoms with Crippen LogP contribution < -0.4 is 20.5 Å². The highest BCUT2D eigenvalue weighted by atomic mass is 35.5. The third-order valence-corrected chi connectivity index (χ3v) is 4.22. The second kappa shape index (κ2) is 4.50.